The topological polar surface area (TPSA) is 58.2 Å². The molecule has 334 valence electrons. The Morgan fingerprint density at radius 2 is 0.644 bits per heavy atom. The van der Waals surface area contributed by atoms with Crippen LogP contribution in [0.25, 0.3) is 19.5 Å². The van der Waals surface area contributed by atoms with Crippen LogP contribution in [-0.2, 0) is 0 Å². The molecule has 0 aliphatic carbocycles. The number of unbranched alkanes of at least 4 members (excludes halogenated alkanes) is 30. The molecular formula is C50H80Br2N2O2S3. The first-order valence-electron chi connectivity index (χ1n) is 24.2. The van der Waals surface area contributed by atoms with Crippen molar-refractivity contribution in [3.63, 3.8) is 0 Å². The van der Waals surface area contributed by atoms with Crippen LogP contribution in [0.1, 0.15) is 240 Å². The van der Waals surface area contributed by atoms with Crippen LogP contribution in [0.2, 0.25) is 0 Å². The maximum atomic E-state index is 13.1. The second kappa shape index (κ2) is 34.5. The van der Waals surface area contributed by atoms with Crippen molar-refractivity contribution in [3.05, 3.63) is 43.0 Å². The molecule has 0 aliphatic rings. The first kappa shape index (κ1) is 52.3. The lowest BCUT2D eigenvalue weighted by atomic mass is 10.0. The number of carbonyl (C=O) groups is 2. The molecule has 0 aromatic carbocycles. The Balaban J connectivity index is 1.23. The SMILES string of the molecule is CCCCCCCCCCCCCCCCCCNC(=O)c1cc(-c2ccc(-c3cc(C(=O)NCCCCCCCCCCCCCCCCCC)c(Br)s3)s2)sc1Br. The highest BCUT2D eigenvalue weighted by molar-refractivity contribution is 9.11. The van der Waals surface area contributed by atoms with E-state index in [-0.39, 0.29) is 11.8 Å². The molecule has 3 rings (SSSR count). The van der Waals surface area contributed by atoms with E-state index in [1.807, 2.05) is 12.1 Å². The van der Waals surface area contributed by atoms with Gasteiger partial charge in [0, 0.05) is 32.6 Å². The van der Waals surface area contributed by atoms with Crippen molar-refractivity contribution in [2.45, 2.75) is 219 Å². The number of thiophene rings is 3. The summed E-state index contributed by atoms with van der Waals surface area (Å²) >= 11 is 12.2. The molecule has 0 unspecified atom stereocenters. The molecule has 0 bridgehead atoms. The molecule has 0 saturated heterocycles. The number of hydrogen-bond donors (Lipinski definition) is 2. The number of rotatable bonds is 38. The molecule has 0 radical (unpaired) electrons. The molecule has 59 heavy (non-hydrogen) atoms. The Morgan fingerprint density at radius 3 is 0.915 bits per heavy atom. The van der Waals surface area contributed by atoms with Gasteiger partial charge in [-0.1, -0.05) is 206 Å². The Labute approximate surface area is 389 Å². The van der Waals surface area contributed by atoms with Crippen molar-refractivity contribution in [1.29, 1.82) is 0 Å². The predicted octanol–water partition coefficient (Wildman–Crippen LogP) is 18.7. The average molecular weight is 997 g/mol. The Morgan fingerprint density at radius 1 is 0.390 bits per heavy atom. The van der Waals surface area contributed by atoms with Crippen molar-refractivity contribution in [2.75, 3.05) is 13.1 Å². The highest BCUT2D eigenvalue weighted by Crippen LogP contribution is 2.44. The van der Waals surface area contributed by atoms with Gasteiger partial charge in [0.15, 0.2) is 0 Å². The fraction of sp³-hybridized carbons (Fsp3) is 0.720. The predicted molar refractivity (Wildman–Crippen MR) is 270 cm³/mol. The minimum atomic E-state index is -0.00505. The maximum absolute atomic E-state index is 13.1. The minimum absolute atomic E-state index is 0.00505. The summed E-state index contributed by atoms with van der Waals surface area (Å²) in [5.74, 6) is -0.0101. The van der Waals surface area contributed by atoms with Gasteiger partial charge in [-0.25, -0.2) is 0 Å². The van der Waals surface area contributed by atoms with Crippen LogP contribution in [0.5, 0.6) is 0 Å². The van der Waals surface area contributed by atoms with Crippen molar-refractivity contribution < 1.29 is 9.59 Å². The highest BCUT2D eigenvalue weighted by Gasteiger charge is 2.19. The quantitative estimate of drug-likeness (QED) is 0.0562. The minimum Gasteiger partial charge on any atom is -0.352 e. The molecular weight excluding hydrogens is 917 g/mol. The maximum Gasteiger partial charge on any atom is 0.253 e. The highest BCUT2D eigenvalue weighted by atomic mass is 79.9. The van der Waals surface area contributed by atoms with Crippen molar-refractivity contribution in [3.8, 4) is 19.5 Å². The van der Waals surface area contributed by atoms with Crippen molar-refractivity contribution >= 4 is 77.7 Å². The standard InChI is InChI=1S/C50H80Br2N2O2S3/c1-3-5-7-9-11-13-15-17-19-21-23-25-27-29-31-33-37-53-49(55)41-39-45(58-47(41)51)43-35-36-44(57-43)46-40-42(48(52)59-46)50(56)54-38-34-32-30-28-26-24-22-20-18-16-14-12-10-8-6-4-2/h35-36,39-40H,3-34,37-38H2,1-2H3,(H,53,55)(H,54,56). The van der Waals surface area contributed by atoms with Crippen LogP contribution < -0.4 is 10.6 Å². The van der Waals surface area contributed by atoms with Gasteiger partial charge in [0.05, 0.1) is 18.7 Å². The van der Waals surface area contributed by atoms with Gasteiger partial charge in [0.25, 0.3) is 11.8 Å². The summed E-state index contributed by atoms with van der Waals surface area (Å²) in [5, 5.41) is 6.30. The van der Waals surface area contributed by atoms with E-state index in [1.165, 1.54) is 193 Å². The summed E-state index contributed by atoms with van der Waals surface area (Å²) in [6, 6.07) is 8.27. The van der Waals surface area contributed by atoms with Crippen LogP contribution >= 0.6 is 65.9 Å². The zero-order valence-corrected chi connectivity index (χ0v) is 42.8. The van der Waals surface area contributed by atoms with Crippen molar-refractivity contribution in [1.82, 2.24) is 10.6 Å². The van der Waals surface area contributed by atoms with E-state index in [9.17, 15) is 9.59 Å². The molecule has 2 N–H and O–H groups in total. The van der Waals surface area contributed by atoms with E-state index in [4.69, 9.17) is 0 Å². The molecule has 0 saturated carbocycles. The zero-order chi connectivity index (χ0) is 42.2. The van der Waals surface area contributed by atoms with Gasteiger partial charge in [0.1, 0.15) is 0 Å². The summed E-state index contributed by atoms with van der Waals surface area (Å²) in [7, 11) is 0. The molecule has 9 heteroatoms. The largest absolute Gasteiger partial charge is 0.352 e. The number of hydrogen-bond acceptors (Lipinski definition) is 5. The van der Waals surface area contributed by atoms with Crippen molar-refractivity contribution in [2.24, 2.45) is 0 Å². The molecule has 4 nitrogen and oxygen atoms in total. The lowest BCUT2D eigenvalue weighted by molar-refractivity contribution is 0.0944. The monoisotopic (exact) mass is 994 g/mol. The smallest absolute Gasteiger partial charge is 0.253 e. The molecule has 0 aliphatic heterocycles. The number of amides is 2. The molecule has 0 fully saturated rings. The zero-order valence-electron chi connectivity index (χ0n) is 37.1. The van der Waals surface area contributed by atoms with E-state index in [0.29, 0.717) is 11.1 Å². The van der Waals surface area contributed by atoms with Crippen LogP contribution in [0.4, 0.5) is 0 Å². The van der Waals surface area contributed by atoms with Crippen LogP contribution in [0, 0.1) is 0 Å². The Hall–Kier alpha value is -1.00. The molecule has 2 amide bonds. The summed E-state index contributed by atoms with van der Waals surface area (Å²) in [6.07, 6.45) is 43.2. The Bertz CT molecular complexity index is 1410. The first-order chi connectivity index (χ1) is 28.9. The van der Waals surface area contributed by atoms with Crippen LogP contribution in [0.15, 0.2) is 31.8 Å². The number of nitrogens with one attached hydrogen (secondary N) is 2. The van der Waals surface area contributed by atoms with Gasteiger partial charge in [-0.05, 0) is 69.0 Å². The first-order valence-corrected chi connectivity index (χ1v) is 28.2. The second-order valence-corrected chi connectivity index (χ2v) is 22.7. The lowest BCUT2D eigenvalue weighted by Crippen LogP contribution is -2.24. The third kappa shape index (κ3) is 23.3. The summed E-state index contributed by atoms with van der Waals surface area (Å²) < 4.78 is 1.74. The van der Waals surface area contributed by atoms with E-state index in [2.05, 4.69) is 68.5 Å². The lowest BCUT2D eigenvalue weighted by Gasteiger charge is -2.05. The summed E-state index contributed by atoms with van der Waals surface area (Å²) in [5.41, 5.74) is 1.41. The molecule has 3 aromatic heterocycles. The molecule has 3 heterocycles. The molecule has 0 atom stereocenters. The number of carbonyl (C=O) groups excluding carboxylic acids is 2. The van der Waals surface area contributed by atoms with E-state index >= 15 is 0 Å². The third-order valence-electron chi connectivity index (χ3n) is 11.6. The molecule has 3 aromatic rings. The number of halogens is 2. The van der Waals surface area contributed by atoms with Crippen LogP contribution in [-0.4, -0.2) is 24.9 Å². The summed E-state index contributed by atoms with van der Waals surface area (Å²) in [6.45, 7) is 6.02. The van der Waals surface area contributed by atoms with E-state index < -0.39 is 0 Å². The van der Waals surface area contributed by atoms with Gasteiger partial charge < -0.3 is 10.6 Å². The van der Waals surface area contributed by atoms with E-state index in [0.717, 1.165) is 53.0 Å². The van der Waals surface area contributed by atoms with Gasteiger partial charge in [-0.2, -0.15) is 0 Å². The van der Waals surface area contributed by atoms with E-state index in [1.54, 1.807) is 34.0 Å². The van der Waals surface area contributed by atoms with Gasteiger partial charge in [0.2, 0.25) is 0 Å². The normalized spacial score (nSPS) is 11.5. The molecule has 0 spiro atoms. The van der Waals surface area contributed by atoms with Gasteiger partial charge in [-0.3, -0.25) is 9.59 Å². The fourth-order valence-corrected chi connectivity index (χ4v) is 12.4. The summed E-state index contributed by atoms with van der Waals surface area (Å²) in [4.78, 5) is 30.5. The van der Waals surface area contributed by atoms with Crippen LogP contribution in [0.3, 0.4) is 0 Å². The second-order valence-electron chi connectivity index (χ2n) is 16.9. The van der Waals surface area contributed by atoms with Gasteiger partial charge in [-0.15, -0.1) is 34.0 Å². The average Bonchev–Trinajstić information content (AvgIpc) is 3.98. The fourth-order valence-electron chi connectivity index (χ4n) is 7.83. The van der Waals surface area contributed by atoms with Gasteiger partial charge >= 0.3 is 0 Å². The Kier molecular flexibility index (Phi) is 30.6. The third-order valence-corrected chi connectivity index (χ3v) is 16.7.